The van der Waals surface area contributed by atoms with Gasteiger partial charge in [-0.1, -0.05) is 0 Å². The van der Waals surface area contributed by atoms with Gasteiger partial charge in [0.15, 0.2) is 0 Å². The molecule has 0 aliphatic carbocycles. The fourth-order valence-electron chi connectivity index (χ4n) is 2.87. The van der Waals surface area contributed by atoms with Crippen LogP contribution in [0.2, 0.25) is 0 Å². The maximum Gasteiger partial charge on any atom is 0.274 e. The third-order valence-corrected chi connectivity index (χ3v) is 4.57. The van der Waals surface area contributed by atoms with Crippen LogP contribution >= 0.6 is 0 Å². The number of nitrogens with one attached hydrogen (secondary N) is 2. The van der Waals surface area contributed by atoms with Gasteiger partial charge in [-0.3, -0.25) is 4.79 Å². The van der Waals surface area contributed by atoms with Crippen LogP contribution in [0, 0.1) is 5.92 Å². The highest BCUT2D eigenvalue weighted by Crippen LogP contribution is 2.30. The van der Waals surface area contributed by atoms with Crippen molar-refractivity contribution >= 4 is 27.8 Å². The number of piperidine rings is 1. The Morgan fingerprint density at radius 3 is 2.77 bits per heavy atom. The first kappa shape index (κ1) is 15.1. The summed E-state index contributed by atoms with van der Waals surface area (Å²) < 4.78 is 24.2. The fraction of sp³-hybridized carbons (Fsp3) is 0.583. The zero-order valence-corrected chi connectivity index (χ0v) is 12.8. The molecular formula is C12H18N6O3S. The first-order chi connectivity index (χ1) is 10.4. The molecule has 0 aromatic carbocycles. The lowest BCUT2D eigenvalue weighted by Gasteiger charge is -2.33. The minimum atomic E-state index is -3.63. The molecule has 1 fully saturated rings. The van der Waals surface area contributed by atoms with Gasteiger partial charge in [0.25, 0.3) is 10.2 Å². The van der Waals surface area contributed by atoms with Gasteiger partial charge in [0.2, 0.25) is 5.91 Å². The van der Waals surface area contributed by atoms with Crippen molar-refractivity contribution in [1.29, 1.82) is 0 Å². The van der Waals surface area contributed by atoms with Gasteiger partial charge in [0.05, 0.1) is 6.42 Å². The van der Waals surface area contributed by atoms with E-state index in [1.54, 1.807) is 0 Å². The highest BCUT2D eigenvalue weighted by molar-refractivity contribution is 7.87. The number of hydrogen-bond donors (Lipinski definition) is 3. The van der Waals surface area contributed by atoms with Crippen LogP contribution < -0.4 is 20.1 Å². The van der Waals surface area contributed by atoms with E-state index in [-0.39, 0.29) is 11.8 Å². The van der Waals surface area contributed by atoms with Gasteiger partial charge in [-0.2, -0.15) is 8.42 Å². The topological polar surface area (TPSA) is 130 Å². The molecule has 1 aromatic heterocycles. The molecule has 4 N–H and O–H groups in total. The SMILES string of the molecule is NS(=O)(=O)NCC1CCN(c2ncnc3c2CC(=O)N3)CC1. The van der Waals surface area contributed by atoms with E-state index in [0.717, 1.165) is 37.3 Å². The number of nitrogens with zero attached hydrogens (tertiary/aromatic N) is 3. The van der Waals surface area contributed by atoms with E-state index in [2.05, 4.69) is 24.9 Å². The van der Waals surface area contributed by atoms with Crippen molar-refractivity contribution in [3.63, 3.8) is 0 Å². The molecule has 3 heterocycles. The zero-order chi connectivity index (χ0) is 15.7. The zero-order valence-electron chi connectivity index (χ0n) is 11.9. The van der Waals surface area contributed by atoms with Gasteiger partial charge in [0, 0.05) is 25.2 Å². The number of anilines is 2. The molecule has 0 radical (unpaired) electrons. The Morgan fingerprint density at radius 1 is 1.36 bits per heavy atom. The van der Waals surface area contributed by atoms with E-state index in [4.69, 9.17) is 5.14 Å². The largest absolute Gasteiger partial charge is 0.356 e. The third kappa shape index (κ3) is 3.34. The summed E-state index contributed by atoms with van der Waals surface area (Å²) in [5.74, 6) is 1.57. The van der Waals surface area contributed by atoms with E-state index < -0.39 is 10.2 Å². The van der Waals surface area contributed by atoms with Crippen LogP contribution in [0.1, 0.15) is 18.4 Å². The minimum Gasteiger partial charge on any atom is -0.356 e. The number of nitrogens with two attached hydrogens (primary N) is 1. The summed E-state index contributed by atoms with van der Waals surface area (Å²) in [4.78, 5) is 22.0. The number of rotatable bonds is 4. The summed E-state index contributed by atoms with van der Waals surface area (Å²) >= 11 is 0. The third-order valence-electron chi connectivity index (χ3n) is 4.01. The van der Waals surface area contributed by atoms with Gasteiger partial charge in [0.1, 0.15) is 18.0 Å². The van der Waals surface area contributed by atoms with Crippen LogP contribution in [0.15, 0.2) is 6.33 Å². The maximum absolute atomic E-state index is 11.5. The Labute approximate surface area is 128 Å². The molecule has 0 spiro atoms. The van der Waals surface area contributed by atoms with Crippen molar-refractivity contribution < 1.29 is 13.2 Å². The van der Waals surface area contributed by atoms with E-state index in [0.29, 0.717) is 18.8 Å². The lowest BCUT2D eigenvalue weighted by molar-refractivity contribution is -0.115. The number of carbonyl (C=O) groups excluding carboxylic acids is 1. The Hall–Kier alpha value is -1.78. The highest BCUT2D eigenvalue weighted by atomic mass is 32.2. The van der Waals surface area contributed by atoms with Crippen molar-refractivity contribution in [2.45, 2.75) is 19.3 Å². The second kappa shape index (κ2) is 5.78. The van der Waals surface area contributed by atoms with Gasteiger partial charge < -0.3 is 10.2 Å². The summed E-state index contributed by atoms with van der Waals surface area (Å²) in [6.45, 7) is 1.87. The molecule has 9 nitrogen and oxygen atoms in total. The minimum absolute atomic E-state index is 0.0658. The number of fused-ring (bicyclic) bond motifs is 1. The van der Waals surface area contributed by atoms with Crippen molar-refractivity contribution in [2.24, 2.45) is 11.1 Å². The molecule has 0 bridgehead atoms. The molecule has 0 unspecified atom stereocenters. The van der Waals surface area contributed by atoms with Crippen molar-refractivity contribution in [2.75, 3.05) is 29.9 Å². The summed E-state index contributed by atoms with van der Waals surface area (Å²) in [7, 11) is -3.63. The molecule has 0 saturated carbocycles. The molecule has 2 aliphatic rings. The molecule has 1 amide bonds. The lowest BCUT2D eigenvalue weighted by atomic mass is 9.97. The predicted molar refractivity (Wildman–Crippen MR) is 80.4 cm³/mol. The molecule has 1 aromatic rings. The second-order valence-corrected chi connectivity index (χ2v) is 6.95. The van der Waals surface area contributed by atoms with E-state index >= 15 is 0 Å². The highest BCUT2D eigenvalue weighted by Gasteiger charge is 2.28. The molecule has 10 heteroatoms. The van der Waals surface area contributed by atoms with E-state index in [9.17, 15) is 13.2 Å². The van der Waals surface area contributed by atoms with Gasteiger partial charge in [-0.05, 0) is 18.8 Å². The van der Waals surface area contributed by atoms with Crippen molar-refractivity contribution in [1.82, 2.24) is 14.7 Å². The average Bonchev–Trinajstić information content (AvgIpc) is 2.85. The quantitative estimate of drug-likeness (QED) is 0.649. The number of aromatic nitrogens is 2. The van der Waals surface area contributed by atoms with Crippen LogP contribution in [-0.4, -0.2) is 43.9 Å². The van der Waals surface area contributed by atoms with Crippen LogP contribution in [-0.2, 0) is 21.4 Å². The van der Waals surface area contributed by atoms with Gasteiger partial charge in [-0.15, -0.1) is 0 Å². The molecular weight excluding hydrogens is 308 g/mol. The standard InChI is InChI=1S/C12H18N6O3S/c13-22(20,21)16-6-8-1-3-18(4-2-8)12-9-5-10(19)17-11(9)14-7-15-12/h7-8,16H,1-6H2,(H2,13,20,21)(H,14,15,17,19). The molecule has 120 valence electrons. The second-order valence-electron chi connectivity index (χ2n) is 5.57. The van der Waals surface area contributed by atoms with Gasteiger partial charge in [-0.25, -0.2) is 19.8 Å². The number of hydrogen-bond acceptors (Lipinski definition) is 6. The Bertz CT molecular complexity index is 684. The van der Waals surface area contributed by atoms with Crippen LogP contribution in [0.3, 0.4) is 0 Å². The van der Waals surface area contributed by atoms with Crippen LogP contribution in [0.5, 0.6) is 0 Å². The lowest BCUT2D eigenvalue weighted by Crippen LogP contribution is -2.41. The maximum atomic E-state index is 11.5. The smallest absolute Gasteiger partial charge is 0.274 e. The Morgan fingerprint density at radius 2 is 2.09 bits per heavy atom. The van der Waals surface area contributed by atoms with E-state index in [1.165, 1.54) is 6.33 Å². The summed E-state index contributed by atoms with van der Waals surface area (Å²) in [6, 6.07) is 0. The average molecular weight is 326 g/mol. The van der Waals surface area contributed by atoms with Crippen LogP contribution in [0.25, 0.3) is 0 Å². The molecule has 3 rings (SSSR count). The molecule has 22 heavy (non-hydrogen) atoms. The summed E-state index contributed by atoms with van der Waals surface area (Å²) in [5, 5.41) is 7.66. The van der Waals surface area contributed by atoms with E-state index in [1.807, 2.05) is 0 Å². The first-order valence-corrected chi connectivity index (χ1v) is 8.63. The number of carbonyl (C=O) groups is 1. The number of amides is 1. The van der Waals surface area contributed by atoms with Crippen molar-refractivity contribution in [3.8, 4) is 0 Å². The van der Waals surface area contributed by atoms with Crippen LogP contribution in [0.4, 0.5) is 11.6 Å². The molecule has 1 saturated heterocycles. The predicted octanol–water partition coefficient (Wildman–Crippen LogP) is -1.02. The summed E-state index contributed by atoms with van der Waals surface area (Å²) in [6.07, 6.45) is 3.43. The summed E-state index contributed by atoms with van der Waals surface area (Å²) in [5.41, 5.74) is 0.841. The fourth-order valence-corrected chi connectivity index (χ4v) is 3.33. The normalized spacial score (nSPS) is 19.1. The monoisotopic (exact) mass is 326 g/mol. The van der Waals surface area contributed by atoms with Gasteiger partial charge >= 0.3 is 0 Å². The molecule has 2 aliphatic heterocycles. The Balaban J connectivity index is 1.63. The first-order valence-electron chi connectivity index (χ1n) is 7.08. The molecule has 0 atom stereocenters. The Kier molecular flexibility index (Phi) is 3.98. The van der Waals surface area contributed by atoms with Crippen molar-refractivity contribution in [3.05, 3.63) is 11.9 Å².